The molecule has 14 heavy (non-hydrogen) atoms. The monoisotopic (exact) mass is 206 g/mol. The molecule has 5 nitrogen and oxygen atoms in total. The highest BCUT2D eigenvalue weighted by atomic mass is 16.7. The van der Waals surface area contributed by atoms with Crippen molar-refractivity contribution in [2.75, 3.05) is 35.0 Å². The summed E-state index contributed by atoms with van der Waals surface area (Å²) in [5.41, 5.74) is 0. The molecule has 0 saturated carbocycles. The van der Waals surface area contributed by atoms with Gasteiger partial charge in [-0.05, 0) is 0 Å². The van der Waals surface area contributed by atoms with Gasteiger partial charge in [-0.3, -0.25) is 0 Å². The summed E-state index contributed by atoms with van der Waals surface area (Å²) in [5.74, 6) is 0. The molecule has 0 bridgehead atoms. The number of methoxy groups -OCH3 is 4. The normalized spacial score (nSPS) is 37.7. The maximum atomic E-state index is 5.56. The van der Waals surface area contributed by atoms with Crippen LogP contribution in [0.15, 0.2) is 0 Å². The third kappa shape index (κ3) is 2.24. The predicted octanol–water partition coefficient (Wildman–Crippen LogP) is 0.0341. The fourth-order valence-corrected chi connectivity index (χ4v) is 1.71. The summed E-state index contributed by atoms with van der Waals surface area (Å²) in [5, 5.41) is 0. The smallest absolute Gasteiger partial charge is 0.186 e. The van der Waals surface area contributed by atoms with Crippen LogP contribution >= 0.6 is 0 Å². The van der Waals surface area contributed by atoms with E-state index in [1.807, 2.05) is 0 Å². The minimum Gasteiger partial charge on any atom is -0.382 e. The van der Waals surface area contributed by atoms with Crippen molar-refractivity contribution in [3.05, 3.63) is 0 Å². The van der Waals surface area contributed by atoms with Crippen LogP contribution in [0.25, 0.3) is 0 Å². The molecule has 1 rings (SSSR count). The fourth-order valence-electron chi connectivity index (χ4n) is 1.71. The van der Waals surface area contributed by atoms with Crippen LogP contribution in [0, 0.1) is 0 Å². The molecule has 0 aliphatic carbocycles. The van der Waals surface area contributed by atoms with Crippen LogP contribution in [0.3, 0.4) is 0 Å². The second kappa shape index (κ2) is 5.63. The van der Waals surface area contributed by atoms with Gasteiger partial charge in [-0.1, -0.05) is 0 Å². The second-order valence-corrected chi connectivity index (χ2v) is 3.13. The van der Waals surface area contributed by atoms with Crippen molar-refractivity contribution in [3.8, 4) is 0 Å². The predicted molar refractivity (Wildman–Crippen MR) is 49.1 cm³/mol. The first kappa shape index (κ1) is 11.9. The Morgan fingerprint density at radius 3 is 2.00 bits per heavy atom. The van der Waals surface area contributed by atoms with Crippen molar-refractivity contribution in [2.24, 2.45) is 0 Å². The maximum Gasteiger partial charge on any atom is 0.186 e. The van der Waals surface area contributed by atoms with Gasteiger partial charge in [0.05, 0.1) is 6.61 Å². The summed E-state index contributed by atoms with van der Waals surface area (Å²) in [6, 6.07) is 0. The van der Waals surface area contributed by atoms with Gasteiger partial charge in [0.15, 0.2) is 6.29 Å². The Hall–Kier alpha value is -0.200. The zero-order valence-electron chi connectivity index (χ0n) is 9.06. The summed E-state index contributed by atoms with van der Waals surface area (Å²) in [6.07, 6.45) is -0.875. The van der Waals surface area contributed by atoms with Gasteiger partial charge >= 0.3 is 0 Å². The lowest BCUT2D eigenvalue weighted by molar-refractivity contribution is -0.160. The van der Waals surface area contributed by atoms with E-state index in [1.54, 1.807) is 28.4 Å². The van der Waals surface area contributed by atoms with Gasteiger partial charge in [-0.15, -0.1) is 0 Å². The molecule has 0 radical (unpaired) electrons. The van der Waals surface area contributed by atoms with E-state index < -0.39 is 0 Å². The zero-order valence-corrected chi connectivity index (χ0v) is 9.06. The Kier molecular flexibility index (Phi) is 4.77. The second-order valence-electron chi connectivity index (χ2n) is 3.13. The molecule has 0 spiro atoms. The van der Waals surface area contributed by atoms with Crippen molar-refractivity contribution in [1.82, 2.24) is 0 Å². The van der Waals surface area contributed by atoms with Crippen LogP contribution in [0.4, 0.5) is 0 Å². The van der Waals surface area contributed by atoms with Gasteiger partial charge in [0, 0.05) is 28.4 Å². The average Bonchev–Trinajstić information content (AvgIpc) is 2.55. The van der Waals surface area contributed by atoms with Crippen molar-refractivity contribution in [1.29, 1.82) is 0 Å². The van der Waals surface area contributed by atoms with E-state index in [2.05, 4.69) is 0 Å². The van der Waals surface area contributed by atoms with E-state index in [0.29, 0.717) is 6.61 Å². The Morgan fingerprint density at radius 1 is 0.929 bits per heavy atom. The SMILES string of the molecule is COC[C@H]1O[C@@H](OC)[C@@H](OC)[C@@H]1OC. The van der Waals surface area contributed by atoms with Gasteiger partial charge in [0.2, 0.25) is 0 Å². The minimum atomic E-state index is -0.384. The van der Waals surface area contributed by atoms with Crippen LogP contribution in [0.2, 0.25) is 0 Å². The molecule has 1 aliphatic heterocycles. The summed E-state index contributed by atoms with van der Waals surface area (Å²) >= 11 is 0. The summed E-state index contributed by atoms with van der Waals surface area (Å²) in [7, 11) is 6.44. The van der Waals surface area contributed by atoms with E-state index >= 15 is 0 Å². The molecule has 0 N–H and O–H groups in total. The van der Waals surface area contributed by atoms with Crippen LogP contribution in [0.1, 0.15) is 0 Å². The highest BCUT2D eigenvalue weighted by molar-refractivity contribution is 4.88. The van der Waals surface area contributed by atoms with E-state index in [9.17, 15) is 0 Å². The van der Waals surface area contributed by atoms with Crippen molar-refractivity contribution >= 4 is 0 Å². The molecule has 0 aromatic carbocycles. The van der Waals surface area contributed by atoms with Crippen molar-refractivity contribution < 1.29 is 23.7 Å². The zero-order chi connectivity index (χ0) is 10.6. The number of hydrogen-bond donors (Lipinski definition) is 0. The third-order valence-corrected chi connectivity index (χ3v) is 2.37. The van der Waals surface area contributed by atoms with E-state index in [4.69, 9.17) is 23.7 Å². The number of rotatable bonds is 5. The Bertz CT molecular complexity index is 163. The lowest BCUT2D eigenvalue weighted by Crippen LogP contribution is -2.37. The van der Waals surface area contributed by atoms with E-state index in [-0.39, 0.29) is 24.6 Å². The first-order chi connectivity index (χ1) is 6.78. The Morgan fingerprint density at radius 2 is 1.57 bits per heavy atom. The van der Waals surface area contributed by atoms with Gasteiger partial charge < -0.3 is 23.7 Å². The summed E-state index contributed by atoms with van der Waals surface area (Å²) < 4.78 is 26.3. The van der Waals surface area contributed by atoms with Gasteiger partial charge in [0.1, 0.15) is 18.3 Å². The maximum absolute atomic E-state index is 5.56. The lowest BCUT2D eigenvalue weighted by Gasteiger charge is -2.20. The largest absolute Gasteiger partial charge is 0.382 e. The van der Waals surface area contributed by atoms with E-state index in [1.165, 1.54) is 0 Å². The molecule has 5 heteroatoms. The standard InChI is InChI=1S/C9H18O5/c1-10-5-6-7(11-2)8(12-3)9(13-4)14-6/h6-9H,5H2,1-4H3/t6-,7-,8+,9-/m1/s1. The molecule has 84 valence electrons. The van der Waals surface area contributed by atoms with E-state index in [0.717, 1.165) is 0 Å². The first-order valence-electron chi connectivity index (χ1n) is 4.51. The van der Waals surface area contributed by atoms with Gasteiger partial charge in [0.25, 0.3) is 0 Å². The molecule has 1 saturated heterocycles. The molecule has 0 aromatic heterocycles. The molecule has 0 unspecified atom stereocenters. The number of hydrogen-bond acceptors (Lipinski definition) is 5. The molecular formula is C9H18O5. The molecule has 1 aliphatic rings. The third-order valence-electron chi connectivity index (χ3n) is 2.37. The molecule has 1 heterocycles. The topological polar surface area (TPSA) is 46.2 Å². The average molecular weight is 206 g/mol. The summed E-state index contributed by atoms with van der Waals surface area (Å²) in [6.45, 7) is 0.470. The van der Waals surface area contributed by atoms with Crippen LogP contribution in [0.5, 0.6) is 0 Å². The van der Waals surface area contributed by atoms with Gasteiger partial charge in [-0.2, -0.15) is 0 Å². The molecule has 0 aromatic rings. The highest BCUT2D eigenvalue weighted by Crippen LogP contribution is 2.26. The van der Waals surface area contributed by atoms with Crippen molar-refractivity contribution in [3.63, 3.8) is 0 Å². The highest BCUT2D eigenvalue weighted by Gasteiger charge is 2.45. The molecule has 0 amide bonds. The lowest BCUT2D eigenvalue weighted by atomic mass is 10.1. The Balaban J connectivity index is 2.62. The summed E-state index contributed by atoms with van der Waals surface area (Å²) in [4.78, 5) is 0. The first-order valence-corrected chi connectivity index (χ1v) is 4.51. The molecule has 1 fully saturated rings. The van der Waals surface area contributed by atoms with Crippen LogP contribution in [-0.2, 0) is 23.7 Å². The number of ether oxygens (including phenoxy) is 5. The quantitative estimate of drug-likeness (QED) is 0.635. The molecular weight excluding hydrogens is 188 g/mol. The fraction of sp³-hybridized carbons (Fsp3) is 1.00. The van der Waals surface area contributed by atoms with Crippen LogP contribution < -0.4 is 0 Å². The van der Waals surface area contributed by atoms with Crippen molar-refractivity contribution in [2.45, 2.75) is 24.6 Å². The van der Waals surface area contributed by atoms with Crippen LogP contribution in [-0.4, -0.2) is 59.6 Å². The van der Waals surface area contributed by atoms with Gasteiger partial charge in [-0.25, -0.2) is 0 Å². The Labute approximate surface area is 84.2 Å². The minimum absolute atomic E-state index is 0.139. The molecule has 4 atom stereocenters.